The van der Waals surface area contributed by atoms with Crippen molar-refractivity contribution in [1.82, 2.24) is 24.0 Å². The van der Waals surface area contributed by atoms with Gasteiger partial charge < -0.3 is 14.0 Å². The molecule has 0 unspecified atom stereocenters. The second-order valence-corrected chi connectivity index (χ2v) is 8.18. The van der Waals surface area contributed by atoms with E-state index in [9.17, 15) is 4.79 Å². The fourth-order valence-corrected chi connectivity index (χ4v) is 3.17. The number of rotatable bonds is 5. The first-order chi connectivity index (χ1) is 17.0. The highest BCUT2D eigenvalue weighted by molar-refractivity contribution is 5.88. The normalized spacial score (nSPS) is 11.2. The van der Waals surface area contributed by atoms with Crippen molar-refractivity contribution in [3.05, 3.63) is 115 Å². The van der Waals surface area contributed by atoms with Crippen LogP contribution in [0, 0.1) is 0 Å². The minimum atomic E-state index is 0. The van der Waals surface area contributed by atoms with Crippen molar-refractivity contribution in [1.29, 1.82) is 0 Å². The van der Waals surface area contributed by atoms with Crippen molar-refractivity contribution in [3.8, 4) is 0 Å². The molecule has 0 bridgehead atoms. The van der Waals surface area contributed by atoms with Gasteiger partial charge in [0.2, 0.25) is 5.91 Å². The maximum absolute atomic E-state index is 10.1. The Balaban J connectivity index is 0.000000211. The highest BCUT2D eigenvalue weighted by atomic mass is 16.2. The molecule has 0 N–H and O–H groups in total. The molecule has 0 radical (unpaired) electrons. The van der Waals surface area contributed by atoms with Crippen LogP contribution >= 0.6 is 0 Å². The number of aromatic nitrogens is 4. The molecule has 36 heavy (non-hydrogen) atoms. The van der Waals surface area contributed by atoms with Crippen LogP contribution in [0.5, 0.6) is 0 Å². The number of nitrogens with zero attached hydrogens (tertiary/aromatic N) is 6. The summed E-state index contributed by atoms with van der Waals surface area (Å²) in [5.74, 6) is 1.11. The zero-order valence-electron chi connectivity index (χ0n) is 20.5. The van der Waals surface area contributed by atoms with Gasteiger partial charge in [-0.15, -0.1) is 0 Å². The molecular formula is C29H36N6O. The third-order valence-corrected chi connectivity index (χ3v) is 5.24. The molecule has 7 nitrogen and oxygen atoms in total. The van der Waals surface area contributed by atoms with Gasteiger partial charge in [0.25, 0.3) is 0 Å². The summed E-state index contributed by atoms with van der Waals surface area (Å²) < 4.78 is 4.21. The summed E-state index contributed by atoms with van der Waals surface area (Å²) in [6.07, 6.45) is 13.3. The molecule has 0 atom stereocenters. The molecule has 0 fully saturated rings. The summed E-state index contributed by atoms with van der Waals surface area (Å²) >= 11 is 0. The second kappa shape index (κ2) is 14.9. The number of amides is 1. The molecule has 0 saturated carbocycles. The lowest BCUT2D eigenvalue weighted by atomic mass is 10.2. The van der Waals surface area contributed by atoms with Crippen LogP contribution in [-0.4, -0.2) is 56.8 Å². The monoisotopic (exact) mass is 484 g/mol. The number of benzene rings is 2. The molecule has 3 heterocycles. The van der Waals surface area contributed by atoms with Gasteiger partial charge in [-0.3, -0.25) is 9.79 Å². The highest BCUT2D eigenvalue weighted by Crippen LogP contribution is 2.16. The molecule has 1 aliphatic rings. The van der Waals surface area contributed by atoms with Crippen LogP contribution in [0.4, 0.5) is 0 Å². The molecule has 7 heteroatoms. The Bertz CT molecular complexity index is 1210. The summed E-state index contributed by atoms with van der Waals surface area (Å²) in [5.41, 5.74) is 3.77. The van der Waals surface area contributed by atoms with Gasteiger partial charge in [0.05, 0.1) is 12.9 Å². The standard InChI is InChI=1S/C14H13N3.C10H10N2.C4H9NO.CH4/c1-2-4-12(5-3-1)11-17-9-8-16-14(17)13-6-7-15-10-13;1-2-4-10(5-3-1)8-12-7-6-11-9-12;1-4(6)5(2)3;/h1-9H,10-11H2;1-7,9H,8H2;1-3H3;1H4. The third kappa shape index (κ3) is 9.18. The van der Waals surface area contributed by atoms with E-state index in [1.807, 2.05) is 61.5 Å². The van der Waals surface area contributed by atoms with Crippen LogP contribution in [0.1, 0.15) is 31.3 Å². The average molecular weight is 485 g/mol. The molecule has 2 aromatic heterocycles. The van der Waals surface area contributed by atoms with Crippen LogP contribution < -0.4 is 0 Å². The lowest BCUT2D eigenvalue weighted by molar-refractivity contribution is -0.126. The van der Waals surface area contributed by atoms with Gasteiger partial charge in [-0.25, -0.2) is 9.97 Å². The van der Waals surface area contributed by atoms with Crippen LogP contribution in [0.2, 0.25) is 0 Å². The largest absolute Gasteiger partial charge is 0.349 e. The Morgan fingerprint density at radius 1 is 0.917 bits per heavy atom. The van der Waals surface area contributed by atoms with Gasteiger partial charge in [0.1, 0.15) is 5.82 Å². The lowest BCUT2D eigenvalue weighted by Gasteiger charge is -2.08. The van der Waals surface area contributed by atoms with Gasteiger partial charge >= 0.3 is 0 Å². The molecule has 188 valence electrons. The summed E-state index contributed by atoms with van der Waals surface area (Å²) in [5, 5.41) is 0. The molecular weight excluding hydrogens is 448 g/mol. The van der Waals surface area contributed by atoms with Crippen LogP contribution in [0.15, 0.2) is 103 Å². The second-order valence-electron chi connectivity index (χ2n) is 8.18. The van der Waals surface area contributed by atoms with E-state index in [1.165, 1.54) is 28.5 Å². The first-order valence-corrected chi connectivity index (χ1v) is 11.4. The van der Waals surface area contributed by atoms with Crippen molar-refractivity contribution in [2.45, 2.75) is 27.4 Å². The topological polar surface area (TPSA) is 68.3 Å². The number of allylic oxidation sites excluding steroid dienone is 1. The number of hydrogen-bond acceptors (Lipinski definition) is 4. The van der Waals surface area contributed by atoms with E-state index >= 15 is 0 Å². The maximum Gasteiger partial charge on any atom is 0.218 e. The summed E-state index contributed by atoms with van der Waals surface area (Å²) in [7, 11) is 3.45. The van der Waals surface area contributed by atoms with Crippen LogP contribution in [-0.2, 0) is 17.9 Å². The zero-order valence-corrected chi connectivity index (χ0v) is 20.5. The van der Waals surface area contributed by atoms with Crippen molar-refractivity contribution in [2.75, 3.05) is 20.6 Å². The molecule has 1 amide bonds. The third-order valence-electron chi connectivity index (χ3n) is 5.24. The van der Waals surface area contributed by atoms with Crippen molar-refractivity contribution >= 4 is 17.7 Å². The summed E-state index contributed by atoms with van der Waals surface area (Å²) in [6.45, 7) is 4.03. The molecule has 1 aliphatic heterocycles. The summed E-state index contributed by atoms with van der Waals surface area (Å²) in [6, 6.07) is 20.8. The average Bonchev–Trinajstić information content (AvgIpc) is 3.65. The molecule has 4 aromatic rings. The van der Waals surface area contributed by atoms with E-state index in [1.54, 1.807) is 20.3 Å². The molecule has 0 aliphatic carbocycles. The van der Waals surface area contributed by atoms with Gasteiger partial charge in [-0.05, 0) is 17.2 Å². The van der Waals surface area contributed by atoms with E-state index in [2.05, 4.69) is 60.5 Å². The first-order valence-electron chi connectivity index (χ1n) is 11.4. The first kappa shape index (κ1) is 28.0. The van der Waals surface area contributed by atoms with Gasteiger partial charge in [-0.1, -0.05) is 68.1 Å². The molecule has 0 spiro atoms. The molecule has 2 aromatic carbocycles. The SMILES string of the molecule is C.C1=NCC(c2nccn2Cc2ccccc2)=C1.CC(=O)N(C)C.c1ccc(Cn2ccnc2)cc1. The van der Waals surface area contributed by atoms with E-state index in [-0.39, 0.29) is 13.3 Å². The van der Waals surface area contributed by atoms with Gasteiger partial charge in [-0.2, -0.15) is 0 Å². The number of carbonyl (C=O) groups excluding carboxylic acids is 1. The zero-order chi connectivity index (χ0) is 24.9. The van der Waals surface area contributed by atoms with Crippen molar-refractivity contribution in [3.63, 3.8) is 0 Å². The summed E-state index contributed by atoms with van der Waals surface area (Å²) in [4.78, 5) is 24.2. The smallest absolute Gasteiger partial charge is 0.218 e. The Kier molecular flexibility index (Phi) is 11.6. The van der Waals surface area contributed by atoms with Gasteiger partial charge in [0.15, 0.2) is 0 Å². The quantitative estimate of drug-likeness (QED) is 0.398. The van der Waals surface area contributed by atoms with E-state index in [0.29, 0.717) is 0 Å². The lowest BCUT2D eigenvalue weighted by Crippen LogP contribution is -2.17. The van der Waals surface area contributed by atoms with E-state index in [4.69, 9.17) is 0 Å². The predicted octanol–water partition coefficient (Wildman–Crippen LogP) is 5.06. The fraction of sp³-hybridized carbons (Fsp3) is 0.241. The van der Waals surface area contributed by atoms with Crippen LogP contribution in [0.25, 0.3) is 5.57 Å². The van der Waals surface area contributed by atoms with E-state index in [0.717, 1.165) is 25.5 Å². The number of imidazole rings is 2. The maximum atomic E-state index is 10.1. The van der Waals surface area contributed by atoms with Crippen LogP contribution in [0.3, 0.4) is 0 Å². The number of hydrogen-bond donors (Lipinski definition) is 0. The minimum absolute atomic E-state index is 0. The fourth-order valence-electron chi connectivity index (χ4n) is 3.17. The molecule has 0 saturated heterocycles. The number of aliphatic imine (C=N–C) groups is 1. The Morgan fingerprint density at radius 3 is 2.03 bits per heavy atom. The van der Waals surface area contributed by atoms with Gasteiger partial charge in [0, 0.05) is 70.7 Å². The van der Waals surface area contributed by atoms with Crippen molar-refractivity contribution in [2.24, 2.45) is 4.99 Å². The van der Waals surface area contributed by atoms with Crippen molar-refractivity contribution < 1.29 is 4.79 Å². The Hall–Kier alpha value is -4.26. The number of carbonyl (C=O) groups is 1. The Morgan fingerprint density at radius 2 is 1.53 bits per heavy atom. The highest BCUT2D eigenvalue weighted by Gasteiger charge is 2.10. The van der Waals surface area contributed by atoms with E-state index < -0.39 is 0 Å². The molecule has 5 rings (SSSR count). The predicted molar refractivity (Wildman–Crippen MR) is 148 cm³/mol. The minimum Gasteiger partial charge on any atom is -0.349 e. The Labute approximate surface area is 214 Å².